The normalized spacial score (nSPS) is 11.1. The number of anilines is 5. The number of ether oxygens (including phenoxy) is 1. The molecule has 3 rings (SSSR count). The third kappa shape index (κ3) is 7.95. The molecule has 2 aromatic carbocycles. The van der Waals surface area contributed by atoms with Crippen molar-refractivity contribution in [2.24, 2.45) is 0 Å². The second kappa shape index (κ2) is 12.4. The molecule has 0 saturated carbocycles. The number of nitrogens with zero attached hydrogens (tertiary/aromatic N) is 3. The SMILES string of the molecule is COCCN(C)C/C=C/C(=O)Nc1cccc(Nc2ncc(F)c(Nc3cccc(C)c3)n2)c1. The Morgan fingerprint density at radius 3 is 2.62 bits per heavy atom. The largest absolute Gasteiger partial charge is 0.383 e. The van der Waals surface area contributed by atoms with Crippen molar-refractivity contribution in [1.82, 2.24) is 14.9 Å². The fraction of sp³-hybridized carbons (Fsp3) is 0.240. The van der Waals surface area contributed by atoms with E-state index < -0.39 is 5.82 Å². The van der Waals surface area contributed by atoms with Gasteiger partial charge >= 0.3 is 0 Å². The second-order valence-corrected chi connectivity index (χ2v) is 7.74. The molecule has 178 valence electrons. The van der Waals surface area contributed by atoms with Gasteiger partial charge in [0.15, 0.2) is 11.6 Å². The van der Waals surface area contributed by atoms with Crippen LogP contribution in [-0.2, 0) is 9.53 Å². The zero-order chi connectivity index (χ0) is 24.3. The van der Waals surface area contributed by atoms with Crippen molar-refractivity contribution in [2.75, 3.05) is 49.8 Å². The Morgan fingerprint density at radius 2 is 1.85 bits per heavy atom. The standard InChI is InChI=1S/C25H29FN6O2/c1-18-7-4-8-19(15-18)29-24-22(26)17-27-25(31-24)30-21-10-5-9-20(16-21)28-23(33)11-6-12-32(2)13-14-34-3/h4-11,15-17H,12-14H2,1-3H3,(H,28,33)(H2,27,29,30,31)/b11-6+. The molecule has 0 saturated heterocycles. The van der Waals surface area contributed by atoms with E-state index in [0.717, 1.165) is 24.0 Å². The van der Waals surface area contributed by atoms with E-state index in [1.165, 1.54) is 6.08 Å². The number of methoxy groups -OCH3 is 1. The van der Waals surface area contributed by atoms with E-state index in [4.69, 9.17) is 4.74 Å². The van der Waals surface area contributed by atoms with Crippen molar-refractivity contribution in [3.8, 4) is 0 Å². The molecule has 0 spiro atoms. The molecule has 1 amide bonds. The van der Waals surface area contributed by atoms with Gasteiger partial charge in [-0.2, -0.15) is 4.98 Å². The summed E-state index contributed by atoms with van der Waals surface area (Å²) >= 11 is 0. The third-order valence-corrected chi connectivity index (χ3v) is 4.77. The van der Waals surface area contributed by atoms with Gasteiger partial charge in [-0.15, -0.1) is 0 Å². The molecular weight excluding hydrogens is 435 g/mol. The van der Waals surface area contributed by atoms with Crippen LogP contribution in [0, 0.1) is 12.7 Å². The maximum Gasteiger partial charge on any atom is 0.248 e. The Kier molecular flexibility index (Phi) is 9.07. The molecule has 0 fully saturated rings. The quantitative estimate of drug-likeness (QED) is 0.360. The Balaban J connectivity index is 1.61. The first-order chi connectivity index (χ1) is 16.4. The number of halogens is 1. The predicted octanol–water partition coefficient (Wildman–Crippen LogP) is 4.48. The fourth-order valence-corrected chi connectivity index (χ4v) is 3.04. The number of hydrogen-bond acceptors (Lipinski definition) is 7. The Morgan fingerprint density at radius 1 is 1.12 bits per heavy atom. The average Bonchev–Trinajstić information content (AvgIpc) is 2.80. The van der Waals surface area contributed by atoms with E-state index in [2.05, 4.69) is 25.9 Å². The number of likely N-dealkylation sites (N-methyl/N-ethyl adjacent to an activating group) is 1. The minimum atomic E-state index is -0.562. The minimum Gasteiger partial charge on any atom is -0.383 e. The molecule has 1 aromatic heterocycles. The average molecular weight is 465 g/mol. The van der Waals surface area contributed by atoms with Crippen molar-refractivity contribution in [1.29, 1.82) is 0 Å². The molecule has 9 heteroatoms. The van der Waals surface area contributed by atoms with Crippen LogP contribution in [0.4, 0.5) is 33.2 Å². The highest BCUT2D eigenvalue weighted by Gasteiger charge is 2.09. The lowest BCUT2D eigenvalue weighted by atomic mass is 10.2. The van der Waals surface area contributed by atoms with Crippen LogP contribution in [-0.4, -0.2) is 54.6 Å². The number of aryl methyl sites for hydroxylation is 1. The van der Waals surface area contributed by atoms with Crippen LogP contribution in [0.3, 0.4) is 0 Å². The van der Waals surface area contributed by atoms with Crippen LogP contribution in [0.5, 0.6) is 0 Å². The maximum absolute atomic E-state index is 14.2. The van der Waals surface area contributed by atoms with Crippen LogP contribution in [0.15, 0.2) is 66.9 Å². The van der Waals surface area contributed by atoms with Crippen molar-refractivity contribution < 1.29 is 13.9 Å². The van der Waals surface area contributed by atoms with E-state index in [9.17, 15) is 9.18 Å². The molecule has 0 aliphatic carbocycles. The summed E-state index contributed by atoms with van der Waals surface area (Å²) in [6.45, 7) is 4.01. The molecule has 3 aromatic rings. The van der Waals surface area contributed by atoms with E-state index >= 15 is 0 Å². The Bertz CT molecular complexity index is 1140. The highest BCUT2D eigenvalue weighted by atomic mass is 19.1. The molecule has 34 heavy (non-hydrogen) atoms. The second-order valence-electron chi connectivity index (χ2n) is 7.74. The lowest BCUT2D eigenvalue weighted by molar-refractivity contribution is -0.111. The molecule has 0 aliphatic rings. The van der Waals surface area contributed by atoms with Gasteiger partial charge in [0.2, 0.25) is 11.9 Å². The Hall–Kier alpha value is -3.82. The molecule has 8 nitrogen and oxygen atoms in total. The molecule has 1 heterocycles. The highest BCUT2D eigenvalue weighted by Crippen LogP contribution is 2.22. The molecule has 0 aliphatic heterocycles. The number of carbonyl (C=O) groups is 1. The van der Waals surface area contributed by atoms with Gasteiger partial charge < -0.3 is 25.6 Å². The molecule has 0 atom stereocenters. The summed E-state index contributed by atoms with van der Waals surface area (Å²) in [4.78, 5) is 22.5. The summed E-state index contributed by atoms with van der Waals surface area (Å²) < 4.78 is 19.3. The zero-order valence-corrected chi connectivity index (χ0v) is 19.5. The number of hydrogen-bond donors (Lipinski definition) is 3. The van der Waals surface area contributed by atoms with Crippen LogP contribution in [0.1, 0.15) is 5.56 Å². The van der Waals surface area contributed by atoms with E-state index in [1.807, 2.05) is 43.1 Å². The van der Waals surface area contributed by atoms with Gasteiger partial charge in [0, 0.05) is 43.3 Å². The van der Waals surface area contributed by atoms with E-state index in [0.29, 0.717) is 24.5 Å². The summed E-state index contributed by atoms with van der Waals surface area (Å²) in [6.07, 6.45) is 4.39. The van der Waals surface area contributed by atoms with E-state index in [1.54, 1.807) is 37.5 Å². The molecule has 0 bridgehead atoms. The minimum absolute atomic E-state index is 0.0631. The molecular formula is C25H29FN6O2. The number of nitrogens with one attached hydrogen (secondary N) is 3. The number of rotatable bonds is 11. The number of benzene rings is 2. The predicted molar refractivity (Wildman–Crippen MR) is 133 cm³/mol. The van der Waals surface area contributed by atoms with Gasteiger partial charge in [-0.1, -0.05) is 24.3 Å². The highest BCUT2D eigenvalue weighted by molar-refractivity contribution is 5.99. The van der Waals surface area contributed by atoms with Crippen molar-refractivity contribution in [2.45, 2.75) is 6.92 Å². The summed E-state index contributed by atoms with van der Waals surface area (Å²) in [7, 11) is 3.61. The third-order valence-electron chi connectivity index (χ3n) is 4.77. The van der Waals surface area contributed by atoms with Gasteiger partial charge in [0.25, 0.3) is 0 Å². The van der Waals surface area contributed by atoms with Crippen LogP contribution in [0.2, 0.25) is 0 Å². The van der Waals surface area contributed by atoms with E-state index in [-0.39, 0.29) is 17.7 Å². The number of carbonyl (C=O) groups excluding carboxylic acids is 1. The summed E-state index contributed by atoms with van der Waals surface area (Å²) in [5.41, 5.74) is 3.03. The first-order valence-corrected chi connectivity index (χ1v) is 10.8. The van der Waals surface area contributed by atoms with Crippen LogP contribution in [0.25, 0.3) is 0 Å². The van der Waals surface area contributed by atoms with Crippen LogP contribution < -0.4 is 16.0 Å². The van der Waals surface area contributed by atoms with Gasteiger partial charge in [-0.3, -0.25) is 4.79 Å². The lowest BCUT2D eigenvalue weighted by Gasteiger charge is -2.12. The smallest absolute Gasteiger partial charge is 0.248 e. The first-order valence-electron chi connectivity index (χ1n) is 10.8. The van der Waals surface area contributed by atoms with Gasteiger partial charge in [0.1, 0.15) is 0 Å². The van der Waals surface area contributed by atoms with Crippen molar-refractivity contribution in [3.63, 3.8) is 0 Å². The summed E-state index contributed by atoms with van der Waals surface area (Å²) in [6, 6.07) is 14.7. The van der Waals surface area contributed by atoms with Gasteiger partial charge in [0.05, 0.1) is 12.8 Å². The van der Waals surface area contributed by atoms with Crippen molar-refractivity contribution >= 4 is 34.7 Å². The monoisotopic (exact) mass is 464 g/mol. The van der Waals surface area contributed by atoms with Gasteiger partial charge in [-0.05, 0) is 49.9 Å². The maximum atomic E-state index is 14.2. The summed E-state index contributed by atoms with van der Waals surface area (Å²) in [5.74, 6) is -0.514. The number of amides is 1. The fourth-order valence-electron chi connectivity index (χ4n) is 3.04. The first kappa shape index (κ1) is 24.8. The topological polar surface area (TPSA) is 91.4 Å². The van der Waals surface area contributed by atoms with Crippen LogP contribution >= 0.6 is 0 Å². The molecule has 0 radical (unpaired) electrons. The van der Waals surface area contributed by atoms with Gasteiger partial charge in [-0.25, -0.2) is 9.37 Å². The number of aromatic nitrogens is 2. The lowest BCUT2D eigenvalue weighted by Crippen LogP contribution is -2.23. The summed E-state index contributed by atoms with van der Waals surface area (Å²) in [5, 5.41) is 8.84. The zero-order valence-electron chi connectivity index (χ0n) is 19.5. The van der Waals surface area contributed by atoms with Crippen molar-refractivity contribution in [3.05, 3.63) is 78.3 Å². The Labute approximate surface area is 198 Å². The molecule has 3 N–H and O–H groups in total. The molecule has 0 unspecified atom stereocenters.